The number of benzene rings is 2. The van der Waals surface area contributed by atoms with Crippen molar-refractivity contribution < 1.29 is 9.47 Å². The Morgan fingerprint density at radius 3 is 2.58 bits per heavy atom. The molecule has 38 heavy (non-hydrogen) atoms. The first-order valence-corrected chi connectivity index (χ1v) is 13.6. The van der Waals surface area contributed by atoms with Crippen molar-refractivity contribution in [3.63, 3.8) is 0 Å². The number of aryl methyl sites for hydroxylation is 4. The summed E-state index contributed by atoms with van der Waals surface area (Å²) in [4.78, 5) is 19.0. The number of fused-ring (bicyclic) bond motifs is 3. The van der Waals surface area contributed by atoms with Crippen molar-refractivity contribution in [2.75, 3.05) is 25.6 Å². The molecule has 0 bridgehead atoms. The van der Waals surface area contributed by atoms with Gasteiger partial charge in [-0.25, -0.2) is 9.79 Å². The lowest BCUT2D eigenvalue weighted by Gasteiger charge is -2.25. The third kappa shape index (κ3) is 4.96. The molecule has 0 unspecified atom stereocenters. The fourth-order valence-electron chi connectivity index (χ4n) is 5.06. The van der Waals surface area contributed by atoms with Crippen LogP contribution in [0.4, 0.5) is 10.8 Å². The predicted octanol–water partition coefficient (Wildman–Crippen LogP) is 4.40. The van der Waals surface area contributed by atoms with Gasteiger partial charge in [0.15, 0.2) is 11.5 Å². The van der Waals surface area contributed by atoms with E-state index in [1.165, 1.54) is 16.9 Å². The Morgan fingerprint density at radius 2 is 1.89 bits per heavy atom. The van der Waals surface area contributed by atoms with E-state index in [4.69, 9.17) is 14.5 Å². The van der Waals surface area contributed by atoms with Crippen molar-refractivity contribution in [3.8, 4) is 22.8 Å². The minimum atomic E-state index is -0.0961. The molecular weight excluding hydrogens is 500 g/mol. The minimum Gasteiger partial charge on any atom is -0.493 e. The Kier molecular flexibility index (Phi) is 7.33. The molecule has 1 aliphatic heterocycles. The van der Waals surface area contributed by atoms with Crippen LogP contribution in [0.1, 0.15) is 29.2 Å². The molecule has 10 heteroatoms. The Bertz CT molecular complexity index is 1580. The maximum absolute atomic E-state index is 13.9. The summed E-state index contributed by atoms with van der Waals surface area (Å²) < 4.78 is 15.0. The number of aromatic nitrogens is 4. The maximum atomic E-state index is 13.9. The van der Waals surface area contributed by atoms with Crippen LogP contribution in [0.3, 0.4) is 0 Å². The first-order valence-electron chi connectivity index (χ1n) is 12.7. The zero-order valence-electron chi connectivity index (χ0n) is 22.4. The number of hydrogen-bond donors (Lipinski definition) is 1. The molecule has 9 nitrogen and oxygen atoms in total. The number of nitrogens with one attached hydrogen (secondary N) is 1. The van der Waals surface area contributed by atoms with Crippen LogP contribution in [-0.2, 0) is 19.5 Å². The van der Waals surface area contributed by atoms with Gasteiger partial charge in [0.05, 0.1) is 25.1 Å². The summed E-state index contributed by atoms with van der Waals surface area (Å²) in [5.74, 6) is 1.36. The zero-order valence-corrected chi connectivity index (χ0v) is 23.2. The maximum Gasteiger partial charge on any atom is 0.330 e. The van der Waals surface area contributed by atoms with E-state index in [-0.39, 0.29) is 5.69 Å². The van der Waals surface area contributed by atoms with Gasteiger partial charge < -0.3 is 14.8 Å². The second-order valence-corrected chi connectivity index (χ2v) is 10.2. The van der Waals surface area contributed by atoms with E-state index in [0.29, 0.717) is 43.2 Å². The highest BCUT2D eigenvalue weighted by Gasteiger charge is 2.22. The molecular formula is C28H32N6O3S. The van der Waals surface area contributed by atoms with Crippen LogP contribution in [0.15, 0.2) is 45.6 Å². The average Bonchev–Trinajstić information content (AvgIpc) is 3.41. The summed E-state index contributed by atoms with van der Waals surface area (Å²) in [6.07, 6.45) is 0.724. The SMILES string of the molecule is CCOc1cc2c(cc1OC)-c1cc(=Nc3c(C)cc(C)cc3C)n(CCNc3nncs3)c(=O)n1CC2. The van der Waals surface area contributed by atoms with Crippen molar-refractivity contribution >= 4 is 22.2 Å². The molecule has 0 saturated heterocycles. The highest BCUT2D eigenvalue weighted by atomic mass is 32.1. The lowest BCUT2D eigenvalue weighted by Crippen LogP contribution is -2.43. The number of hydrogen-bond acceptors (Lipinski definition) is 8. The van der Waals surface area contributed by atoms with Gasteiger partial charge in [0, 0.05) is 31.3 Å². The Labute approximate surface area is 225 Å². The van der Waals surface area contributed by atoms with Crippen molar-refractivity contribution in [1.29, 1.82) is 0 Å². The van der Waals surface area contributed by atoms with Crippen LogP contribution >= 0.6 is 11.3 Å². The van der Waals surface area contributed by atoms with Crippen LogP contribution in [0.5, 0.6) is 11.5 Å². The van der Waals surface area contributed by atoms with Gasteiger partial charge in [-0.1, -0.05) is 29.0 Å². The van der Waals surface area contributed by atoms with Crippen LogP contribution in [0, 0.1) is 20.8 Å². The molecule has 0 aliphatic carbocycles. The second-order valence-electron chi connectivity index (χ2n) is 9.35. The molecule has 0 fully saturated rings. The molecule has 0 amide bonds. The van der Waals surface area contributed by atoms with Gasteiger partial charge >= 0.3 is 5.69 Å². The van der Waals surface area contributed by atoms with Crippen LogP contribution in [0.25, 0.3) is 11.3 Å². The summed E-state index contributed by atoms with van der Waals surface area (Å²) in [6.45, 7) is 10.2. The number of rotatable bonds is 8. The van der Waals surface area contributed by atoms with Gasteiger partial charge in [-0.2, -0.15) is 0 Å². The molecule has 2 aromatic carbocycles. The van der Waals surface area contributed by atoms with E-state index >= 15 is 0 Å². The fraction of sp³-hybridized carbons (Fsp3) is 0.357. The number of nitrogens with zero attached hydrogens (tertiary/aromatic N) is 5. The van der Waals surface area contributed by atoms with E-state index in [1.54, 1.807) is 17.2 Å². The molecule has 0 spiro atoms. The molecule has 2 aromatic heterocycles. The van der Waals surface area contributed by atoms with E-state index in [2.05, 4.69) is 48.4 Å². The molecule has 1 N–H and O–H groups in total. The highest BCUT2D eigenvalue weighted by molar-refractivity contribution is 7.13. The van der Waals surface area contributed by atoms with Gasteiger partial charge in [-0.05, 0) is 62.9 Å². The topological polar surface area (TPSA) is 95.6 Å². The summed E-state index contributed by atoms with van der Waals surface area (Å²) in [5.41, 5.74) is 9.31. The monoisotopic (exact) mass is 532 g/mol. The third-order valence-corrected chi connectivity index (χ3v) is 7.35. The van der Waals surface area contributed by atoms with Gasteiger partial charge in [0.1, 0.15) is 11.0 Å². The van der Waals surface area contributed by atoms with Crippen molar-refractivity contribution in [2.24, 2.45) is 4.99 Å². The molecule has 0 atom stereocenters. The zero-order chi connectivity index (χ0) is 26.8. The first-order chi connectivity index (χ1) is 18.4. The molecule has 198 valence electrons. The van der Waals surface area contributed by atoms with Crippen LogP contribution in [0.2, 0.25) is 0 Å². The van der Waals surface area contributed by atoms with E-state index < -0.39 is 0 Å². The van der Waals surface area contributed by atoms with Crippen molar-refractivity contribution in [1.82, 2.24) is 19.3 Å². The van der Waals surface area contributed by atoms with Crippen LogP contribution in [-0.4, -0.2) is 39.6 Å². The predicted molar refractivity (Wildman–Crippen MR) is 150 cm³/mol. The fourth-order valence-corrected chi connectivity index (χ4v) is 5.54. The van der Waals surface area contributed by atoms with Gasteiger partial charge in [-0.15, -0.1) is 10.2 Å². The van der Waals surface area contributed by atoms with E-state index in [0.717, 1.165) is 45.2 Å². The van der Waals surface area contributed by atoms with E-state index in [1.807, 2.05) is 29.7 Å². The summed E-state index contributed by atoms with van der Waals surface area (Å²) in [6, 6.07) is 10.3. The van der Waals surface area contributed by atoms with Gasteiger partial charge in [0.25, 0.3) is 0 Å². The van der Waals surface area contributed by atoms with Gasteiger partial charge in [0.2, 0.25) is 5.13 Å². The first kappa shape index (κ1) is 25.7. The summed E-state index contributed by atoms with van der Waals surface area (Å²) in [7, 11) is 1.63. The number of ether oxygens (including phenoxy) is 2. The quantitative estimate of drug-likeness (QED) is 0.361. The highest BCUT2D eigenvalue weighted by Crippen LogP contribution is 2.37. The van der Waals surface area contributed by atoms with Crippen molar-refractivity contribution in [3.05, 3.63) is 74.1 Å². The Balaban J connectivity index is 1.68. The summed E-state index contributed by atoms with van der Waals surface area (Å²) >= 11 is 1.43. The van der Waals surface area contributed by atoms with Gasteiger partial charge in [-0.3, -0.25) is 9.13 Å². The lowest BCUT2D eigenvalue weighted by molar-refractivity contribution is 0.310. The van der Waals surface area contributed by atoms with E-state index in [9.17, 15) is 4.79 Å². The second kappa shape index (κ2) is 10.8. The molecule has 1 aliphatic rings. The minimum absolute atomic E-state index is 0.0961. The van der Waals surface area contributed by atoms with Crippen LogP contribution < -0.4 is 26.0 Å². The molecule has 0 saturated carbocycles. The molecule has 3 heterocycles. The largest absolute Gasteiger partial charge is 0.493 e. The Morgan fingerprint density at radius 1 is 1.11 bits per heavy atom. The molecule has 5 rings (SSSR count). The standard InChI is InChI=1S/C28H32N6O3S/c1-6-37-24-13-20-7-9-33-22(21(20)14-23(24)36-5)15-25(31-26-18(3)11-17(2)12-19(26)4)34(28(33)35)10-8-29-27-32-30-16-38-27/h11-16H,6-10H2,1-5H3,(H,29,32). The number of anilines is 1. The molecule has 0 radical (unpaired) electrons. The molecule has 4 aromatic rings. The normalized spacial score (nSPS) is 12.7. The Hall–Kier alpha value is -3.92. The average molecular weight is 533 g/mol. The smallest absolute Gasteiger partial charge is 0.330 e. The third-order valence-electron chi connectivity index (χ3n) is 6.70. The number of methoxy groups -OCH3 is 1. The summed E-state index contributed by atoms with van der Waals surface area (Å²) in [5, 5.41) is 11.9. The van der Waals surface area contributed by atoms with Crippen molar-refractivity contribution in [2.45, 2.75) is 47.2 Å². The lowest BCUT2D eigenvalue weighted by atomic mass is 9.97.